The molecule has 2 aromatic heterocycles. The standard InChI is InChI=1S/C21H23N3O2S2/c22-20(26)19-13-7-2-1-3-9-15(13)28-21(19)24-17(25)11-6-12-18-23-14-8-4-5-10-16(14)27-18/h4-5,8,10H,1-3,6-7,9,11-12H2,(H2,22,26)(H,24,25). The van der Waals surface area contributed by atoms with Crippen molar-refractivity contribution in [2.24, 2.45) is 5.73 Å². The average molecular weight is 414 g/mol. The Morgan fingerprint density at radius 1 is 1.11 bits per heavy atom. The Labute approximate surface area is 172 Å². The molecule has 0 radical (unpaired) electrons. The molecule has 0 atom stereocenters. The first-order valence-corrected chi connectivity index (χ1v) is 11.3. The van der Waals surface area contributed by atoms with Crippen molar-refractivity contribution in [2.75, 3.05) is 5.32 Å². The molecule has 0 aliphatic heterocycles. The molecule has 0 unspecified atom stereocenters. The van der Waals surface area contributed by atoms with Crippen LogP contribution in [0.4, 0.5) is 5.00 Å². The van der Waals surface area contributed by atoms with Crippen molar-refractivity contribution in [1.82, 2.24) is 4.98 Å². The zero-order valence-electron chi connectivity index (χ0n) is 15.6. The van der Waals surface area contributed by atoms with Crippen molar-refractivity contribution in [1.29, 1.82) is 0 Å². The van der Waals surface area contributed by atoms with E-state index in [4.69, 9.17) is 5.73 Å². The molecule has 0 bridgehead atoms. The second-order valence-corrected chi connectivity index (χ2v) is 9.33. The van der Waals surface area contributed by atoms with Crippen molar-refractivity contribution in [3.05, 3.63) is 45.3 Å². The molecule has 28 heavy (non-hydrogen) atoms. The molecule has 0 saturated heterocycles. The molecule has 2 heterocycles. The third-order valence-corrected chi connectivity index (χ3v) is 7.36. The fourth-order valence-electron chi connectivity index (χ4n) is 3.71. The lowest BCUT2D eigenvalue weighted by Gasteiger charge is -2.06. The van der Waals surface area contributed by atoms with Crippen LogP contribution < -0.4 is 11.1 Å². The highest BCUT2D eigenvalue weighted by atomic mass is 32.1. The Hall–Kier alpha value is -2.25. The molecule has 1 aliphatic rings. The molecular formula is C21H23N3O2S2. The predicted octanol–water partition coefficient (Wildman–Crippen LogP) is 4.69. The van der Waals surface area contributed by atoms with Gasteiger partial charge in [-0.1, -0.05) is 18.6 Å². The van der Waals surface area contributed by atoms with Gasteiger partial charge in [0.05, 0.1) is 20.8 Å². The van der Waals surface area contributed by atoms with Gasteiger partial charge in [0.1, 0.15) is 5.00 Å². The zero-order valence-corrected chi connectivity index (χ0v) is 17.3. The second-order valence-electron chi connectivity index (χ2n) is 7.11. The number of carbonyl (C=O) groups is 2. The Balaban J connectivity index is 1.39. The van der Waals surface area contributed by atoms with Crippen LogP contribution in [0.1, 0.15) is 57.9 Å². The van der Waals surface area contributed by atoms with Crippen LogP contribution >= 0.6 is 22.7 Å². The number of hydrogen-bond donors (Lipinski definition) is 2. The average Bonchev–Trinajstić information content (AvgIpc) is 3.15. The fourth-order valence-corrected chi connectivity index (χ4v) is 6.03. The minimum atomic E-state index is -0.441. The molecular weight excluding hydrogens is 390 g/mol. The maximum atomic E-state index is 12.5. The lowest BCUT2D eigenvalue weighted by atomic mass is 10.1. The van der Waals surface area contributed by atoms with Crippen molar-refractivity contribution in [3.8, 4) is 0 Å². The minimum Gasteiger partial charge on any atom is -0.365 e. The molecule has 3 aromatic rings. The summed E-state index contributed by atoms with van der Waals surface area (Å²) in [6.45, 7) is 0. The van der Waals surface area contributed by atoms with Gasteiger partial charge in [0, 0.05) is 11.3 Å². The third-order valence-electron chi connectivity index (χ3n) is 5.05. The van der Waals surface area contributed by atoms with Gasteiger partial charge < -0.3 is 11.1 Å². The van der Waals surface area contributed by atoms with E-state index in [1.165, 1.54) is 27.3 Å². The fraction of sp³-hybridized carbons (Fsp3) is 0.381. The number of amides is 2. The van der Waals surface area contributed by atoms with E-state index in [1.807, 2.05) is 18.2 Å². The molecule has 1 aromatic carbocycles. The van der Waals surface area contributed by atoms with Gasteiger partial charge in [0.2, 0.25) is 5.91 Å². The van der Waals surface area contributed by atoms with Gasteiger partial charge in [0.15, 0.2) is 0 Å². The van der Waals surface area contributed by atoms with Crippen LogP contribution in [0.5, 0.6) is 0 Å². The largest absolute Gasteiger partial charge is 0.365 e. The van der Waals surface area contributed by atoms with E-state index in [-0.39, 0.29) is 5.91 Å². The normalized spacial score (nSPS) is 13.9. The smallest absolute Gasteiger partial charge is 0.251 e. The number of aryl methyl sites for hydroxylation is 2. The van der Waals surface area contributed by atoms with Gasteiger partial charge in [-0.05, 0) is 56.2 Å². The monoisotopic (exact) mass is 413 g/mol. The lowest BCUT2D eigenvalue weighted by molar-refractivity contribution is -0.116. The van der Waals surface area contributed by atoms with Crippen LogP contribution in [0.2, 0.25) is 0 Å². The molecule has 7 heteroatoms. The highest BCUT2D eigenvalue weighted by Gasteiger charge is 2.24. The van der Waals surface area contributed by atoms with E-state index < -0.39 is 5.91 Å². The Bertz CT molecular complexity index is 989. The number of nitrogens with one attached hydrogen (secondary N) is 1. The minimum absolute atomic E-state index is 0.0694. The molecule has 0 spiro atoms. The lowest BCUT2D eigenvalue weighted by Crippen LogP contribution is -2.18. The molecule has 1 aliphatic carbocycles. The van der Waals surface area contributed by atoms with E-state index in [0.29, 0.717) is 17.0 Å². The molecule has 3 N–H and O–H groups in total. The van der Waals surface area contributed by atoms with Gasteiger partial charge in [-0.15, -0.1) is 22.7 Å². The van der Waals surface area contributed by atoms with Crippen LogP contribution in [-0.2, 0) is 24.1 Å². The number of carbonyl (C=O) groups excluding carboxylic acids is 2. The molecule has 5 nitrogen and oxygen atoms in total. The van der Waals surface area contributed by atoms with Crippen LogP contribution in [0, 0.1) is 0 Å². The highest BCUT2D eigenvalue weighted by molar-refractivity contribution is 7.18. The quantitative estimate of drug-likeness (QED) is 0.575. The Morgan fingerprint density at radius 3 is 2.75 bits per heavy atom. The number of thiophene rings is 1. The number of para-hydroxylation sites is 1. The van der Waals surface area contributed by atoms with Crippen LogP contribution in [0.15, 0.2) is 24.3 Å². The SMILES string of the molecule is NC(=O)c1c(NC(=O)CCCc2nc3ccccc3s2)sc2c1CCCCC2. The Morgan fingerprint density at radius 2 is 1.93 bits per heavy atom. The molecule has 0 fully saturated rings. The van der Waals surface area contributed by atoms with Gasteiger partial charge in [-0.3, -0.25) is 9.59 Å². The summed E-state index contributed by atoms with van der Waals surface area (Å²) in [6.07, 6.45) is 7.11. The van der Waals surface area contributed by atoms with Gasteiger partial charge in [0.25, 0.3) is 5.91 Å². The Kier molecular flexibility index (Phi) is 5.73. The van der Waals surface area contributed by atoms with Crippen LogP contribution in [0.3, 0.4) is 0 Å². The summed E-state index contributed by atoms with van der Waals surface area (Å²) in [5.41, 5.74) is 8.23. The number of rotatable bonds is 6. The first-order chi connectivity index (χ1) is 13.6. The maximum Gasteiger partial charge on any atom is 0.251 e. The number of nitrogens with two attached hydrogens (primary N) is 1. The summed E-state index contributed by atoms with van der Waals surface area (Å²) in [5.74, 6) is -0.510. The number of thiazole rings is 1. The summed E-state index contributed by atoms with van der Waals surface area (Å²) >= 11 is 3.20. The number of anilines is 1. The number of hydrogen-bond acceptors (Lipinski definition) is 5. The molecule has 2 amide bonds. The van der Waals surface area contributed by atoms with Crippen molar-refractivity contribution < 1.29 is 9.59 Å². The summed E-state index contributed by atoms with van der Waals surface area (Å²) in [7, 11) is 0. The number of nitrogens with zero attached hydrogens (tertiary/aromatic N) is 1. The van der Waals surface area contributed by atoms with E-state index in [1.54, 1.807) is 11.3 Å². The number of benzene rings is 1. The zero-order chi connectivity index (χ0) is 19.5. The van der Waals surface area contributed by atoms with E-state index in [9.17, 15) is 9.59 Å². The highest BCUT2D eigenvalue weighted by Crippen LogP contribution is 2.37. The van der Waals surface area contributed by atoms with Gasteiger partial charge in [-0.2, -0.15) is 0 Å². The van der Waals surface area contributed by atoms with Crippen LogP contribution in [-0.4, -0.2) is 16.8 Å². The predicted molar refractivity (Wildman–Crippen MR) is 115 cm³/mol. The molecule has 4 rings (SSSR count). The summed E-state index contributed by atoms with van der Waals surface area (Å²) in [5, 5.41) is 4.62. The van der Waals surface area contributed by atoms with Crippen molar-refractivity contribution >= 4 is 49.7 Å². The summed E-state index contributed by atoms with van der Waals surface area (Å²) in [4.78, 5) is 30.3. The number of primary amides is 1. The first-order valence-electron chi connectivity index (χ1n) is 9.70. The summed E-state index contributed by atoms with van der Waals surface area (Å²) in [6, 6.07) is 8.07. The molecule has 146 valence electrons. The van der Waals surface area contributed by atoms with Gasteiger partial charge >= 0.3 is 0 Å². The van der Waals surface area contributed by atoms with E-state index >= 15 is 0 Å². The summed E-state index contributed by atoms with van der Waals surface area (Å²) < 4.78 is 1.17. The van der Waals surface area contributed by atoms with E-state index in [2.05, 4.69) is 16.4 Å². The second kappa shape index (κ2) is 8.41. The topological polar surface area (TPSA) is 85.1 Å². The van der Waals surface area contributed by atoms with Crippen molar-refractivity contribution in [3.63, 3.8) is 0 Å². The number of aromatic nitrogens is 1. The maximum absolute atomic E-state index is 12.5. The first kappa shape index (κ1) is 19.1. The van der Waals surface area contributed by atoms with Gasteiger partial charge in [-0.25, -0.2) is 4.98 Å². The number of fused-ring (bicyclic) bond motifs is 2. The molecule has 0 saturated carbocycles. The van der Waals surface area contributed by atoms with E-state index in [0.717, 1.165) is 54.6 Å². The van der Waals surface area contributed by atoms with Crippen molar-refractivity contribution in [2.45, 2.75) is 51.4 Å². The van der Waals surface area contributed by atoms with Crippen LogP contribution in [0.25, 0.3) is 10.2 Å². The third kappa shape index (κ3) is 4.10.